The molecular formula is C14H18N2O3. The van der Waals surface area contributed by atoms with Gasteiger partial charge in [0.2, 0.25) is 5.91 Å². The zero-order chi connectivity index (χ0) is 14.3. The van der Waals surface area contributed by atoms with Crippen molar-refractivity contribution >= 4 is 5.91 Å². The first-order chi connectivity index (χ1) is 9.08. The first kappa shape index (κ1) is 14.8. The van der Waals surface area contributed by atoms with E-state index in [1.54, 1.807) is 37.2 Å². The van der Waals surface area contributed by atoms with E-state index in [2.05, 4.69) is 0 Å². The standard InChI is InChI=1S/C14H18N2O3/c1-16(2)14(17)5-4-8-19-12-7-6-11(10-15)9-13(12)18-3/h6-7,9H,4-5,8H2,1-3H3. The molecule has 5 heteroatoms. The lowest BCUT2D eigenvalue weighted by Crippen LogP contribution is -2.21. The van der Waals surface area contributed by atoms with Gasteiger partial charge in [-0.3, -0.25) is 4.79 Å². The highest BCUT2D eigenvalue weighted by Crippen LogP contribution is 2.27. The molecule has 1 amide bonds. The van der Waals surface area contributed by atoms with Crippen LogP contribution in [-0.4, -0.2) is 38.6 Å². The number of nitriles is 1. The molecule has 0 atom stereocenters. The van der Waals surface area contributed by atoms with Crippen LogP contribution < -0.4 is 9.47 Å². The summed E-state index contributed by atoms with van der Waals surface area (Å²) in [5.41, 5.74) is 0.520. The van der Waals surface area contributed by atoms with Crippen LogP contribution in [0.5, 0.6) is 11.5 Å². The predicted octanol–water partition coefficient (Wildman–Crippen LogP) is 1.81. The molecule has 19 heavy (non-hydrogen) atoms. The van der Waals surface area contributed by atoms with Crippen LogP contribution in [-0.2, 0) is 4.79 Å². The third-order valence-electron chi connectivity index (χ3n) is 2.58. The van der Waals surface area contributed by atoms with Gasteiger partial charge in [-0.2, -0.15) is 5.26 Å². The molecule has 0 aliphatic carbocycles. The van der Waals surface area contributed by atoms with Crippen LogP contribution >= 0.6 is 0 Å². The van der Waals surface area contributed by atoms with E-state index in [0.29, 0.717) is 36.5 Å². The number of nitrogens with zero attached hydrogens (tertiary/aromatic N) is 2. The van der Waals surface area contributed by atoms with Gasteiger partial charge in [0.15, 0.2) is 11.5 Å². The molecule has 1 aromatic rings. The number of hydrogen-bond donors (Lipinski definition) is 0. The van der Waals surface area contributed by atoms with Gasteiger partial charge in [-0.05, 0) is 18.6 Å². The Labute approximate surface area is 113 Å². The summed E-state index contributed by atoms with van der Waals surface area (Å²) in [5.74, 6) is 1.19. The molecule has 0 heterocycles. The normalized spacial score (nSPS) is 9.58. The average Bonchev–Trinajstić information content (AvgIpc) is 2.43. The Balaban J connectivity index is 2.50. The molecule has 0 aliphatic rings. The van der Waals surface area contributed by atoms with Crippen molar-refractivity contribution in [2.24, 2.45) is 0 Å². The Morgan fingerprint density at radius 2 is 2.11 bits per heavy atom. The Morgan fingerprint density at radius 1 is 1.37 bits per heavy atom. The lowest BCUT2D eigenvalue weighted by atomic mass is 10.2. The fourth-order valence-corrected chi connectivity index (χ4v) is 1.49. The summed E-state index contributed by atoms with van der Waals surface area (Å²) in [6, 6.07) is 7.03. The number of ether oxygens (including phenoxy) is 2. The summed E-state index contributed by atoms with van der Waals surface area (Å²) in [4.78, 5) is 12.9. The maximum absolute atomic E-state index is 11.4. The molecule has 0 spiro atoms. The molecule has 1 aromatic carbocycles. The Hall–Kier alpha value is -2.22. The van der Waals surface area contributed by atoms with Gasteiger partial charge >= 0.3 is 0 Å². The summed E-state index contributed by atoms with van der Waals surface area (Å²) >= 11 is 0. The number of benzene rings is 1. The fourth-order valence-electron chi connectivity index (χ4n) is 1.49. The van der Waals surface area contributed by atoms with Crippen LogP contribution in [0, 0.1) is 11.3 Å². The SMILES string of the molecule is COc1cc(C#N)ccc1OCCCC(=O)N(C)C. The molecular weight excluding hydrogens is 244 g/mol. The van der Waals surface area contributed by atoms with Gasteiger partial charge in [0, 0.05) is 26.6 Å². The van der Waals surface area contributed by atoms with Crippen LogP contribution in [0.15, 0.2) is 18.2 Å². The van der Waals surface area contributed by atoms with Crippen molar-refractivity contribution in [3.8, 4) is 17.6 Å². The van der Waals surface area contributed by atoms with Crippen molar-refractivity contribution in [3.63, 3.8) is 0 Å². The topological polar surface area (TPSA) is 62.6 Å². The van der Waals surface area contributed by atoms with E-state index >= 15 is 0 Å². The molecule has 0 aliphatic heterocycles. The summed E-state index contributed by atoms with van der Waals surface area (Å²) in [7, 11) is 4.98. The third-order valence-corrected chi connectivity index (χ3v) is 2.58. The maximum Gasteiger partial charge on any atom is 0.222 e. The third kappa shape index (κ3) is 4.51. The second-order valence-electron chi connectivity index (χ2n) is 4.22. The molecule has 0 bridgehead atoms. The number of rotatable bonds is 6. The van der Waals surface area contributed by atoms with E-state index in [1.807, 2.05) is 6.07 Å². The number of methoxy groups -OCH3 is 1. The second kappa shape index (κ2) is 7.27. The quantitative estimate of drug-likeness (QED) is 0.733. The zero-order valence-electron chi connectivity index (χ0n) is 11.5. The van der Waals surface area contributed by atoms with E-state index in [0.717, 1.165) is 0 Å². The molecule has 102 valence electrons. The van der Waals surface area contributed by atoms with Crippen molar-refractivity contribution < 1.29 is 14.3 Å². The molecule has 0 unspecified atom stereocenters. The number of carbonyl (C=O) groups is 1. The second-order valence-corrected chi connectivity index (χ2v) is 4.22. The minimum Gasteiger partial charge on any atom is -0.493 e. The lowest BCUT2D eigenvalue weighted by molar-refractivity contribution is -0.128. The Kier molecular flexibility index (Phi) is 5.68. The Bertz CT molecular complexity index is 478. The van der Waals surface area contributed by atoms with Crippen LogP contribution in [0.3, 0.4) is 0 Å². The highest BCUT2D eigenvalue weighted by atomic mass is 16.5. The van der Waals surface area contributed by atoms with Crippen LogP contribution in [0.2, 0.25) is 0 Å². The molecule has 0 N–H and O–H groups in total. The smallest absolute Gasteiger partial charge is 0.222 e. The molecule has 0 radical (unpaired) electrons. The number of amides is 1. The summed E-state index contributed by atoms with van der Waals surface area (Å²) < 4.78 is 10.7. The summed E-state index contributed by atoms with van der Waals surface area (Å²) in [6.45, 7) is 0.432. The first-order valence-corrected chi connectivity index (χ1v) is 5.99. The average molecular weight is 262 g/mol. The molecule has 0 saturated heterocycles. The largest absolute Gasteiger partial charge is 0.493 e. The molecule has 0 saturated carbocycles. The van der Waals surface area contributed by atoms with E-state index in [9.17, 15) is 4.79 Å². The molecule has 0 aromatic heterocycles. The lowest BCUT2D eigenvalue weighted by Gasteiger charge is -2.12. The van der Waals surface area contributed by atoms with E-state index in [1.165, 1.54) is 7.11 Å². The van der Waals surface area contributed by atoms with Gasteiger partial charge < -0.3 is 14.4 Å². The predicted molar refractivity (Wildman–Crippen MR) is 71.1 cm³/mol. The Morgan fingerprint density at radius 3 is 2.68 bits per heavy atom. The van der Waals surface area contributed by atoms with Crippen molar-refractivity contribution in [2.75, 3.05) is 27.8 Å². The highest BCUT2D eigenvalue weighted by Gasteiger charge is 2.07. The van der Waals surface area contributed by atoms with Crippen molar-refractivity contribution in [3.05, 3.63) is 23.8 Å². The van der Waals surface area contributed by atoms with Crippen molar-refractivity contribution in [2.45, 2.75) is 12.8 Å². The van der Waals surface area contributed by atoms with Crippen LogP contribution in [0.25, 0.3) is 0 Å². The summed E-state index contributed by atoms with van der Waals surface area (Å²) in [5, 5.41) is 8.79. The minimum absolute atomic E-state index is 0.0791. The van der Waals surface area contributed by atoms with Crippen molar-refractivity contribution in [1.82, 2.24) is 4.90 Å². The summed E-state index contributed by atoms with van der Waals surface area (Å²) in [6.07, 6.45) is 1.09. The van der Waals surface area contributed by atoms with Gasteiger partial charge in [-0.1, -0.05) is 0 Å². The van der Waals surface area contributed by atoms with Gasteiger partial charge in [0.1, 0.15) is 0 Å². The molecule has 5 nitrogen and oxygen atoms in total. The van der Waals surface area contributed by atoms with Gasteiger partial charge in [-0.15, -0.1) is 0 Å². The van der Waals surface area contributed by atoms with Gasteiger partial charge in [0.25, 0.3) is 0 Å². The fraction of sp³-hybridized carbons (Fsp3) is 0.429. The first-order valence-electron chi connectivity index (χ1n) is 5.99. The monoisotopic (exact) mass is 262 g/mol. The maximum atomic E-state index is 11.4. The van der Waals surface area contributed by atoms with E-state index in [4.69, 9.17) is 14.7 Å². The number of hydrogen-bond acceptors (Lipinski definition) is 4. The van der Waals surface area contributed by atoms with E-state index < -0.39 is 0 Å². The van der Waals surface area contributed by atoms with E-state index in [-0.39, 0.29) is 5.91 Å². The zero-order valence-corrected chi connectivity index (χ0v) is 11.5. The minimum atomic E-state index is 0.0791. The van der Waals surface area contributed by atoms with Gasteiger partial charge in [0.05, 0.1) is 25.3 Å². The number of carbonyl (C=O) groups excluding carboxylic acids is 1. The van der Waals surface area contributed by atoms with Crippen LogP contribution in [0.4, 0.5) is 0 Å². The molecule has 0 fully saturated rings. The molecule has 1 rings (SSSR count). The highest BCUT2D eigenvalue weighted by molar-refractivity contribution is 5.75. The van der Waals surface area contributed by atoms with Crippen molar-refractivity contribution in [1.29, 1.82) is 5.26 Å². The van der Waals surface area contributed by atoms with Crippen LogP contribution in [0.1, 0.15) is 18.4 Å². The van der Waals surface area contributed by atoms with Gasteiger partial charge in [-0.25, -0.2) is 0 Å².